The zero-order valence-corrected chi connectivity index (χ0v) is 13.1. The highest BCUT2D eigenvalue weighted by Crippen LogP contribution is 2.30. The number of ether oxygens (including phenoxy) is 1. The minimum atomic E-state index is 0.196. The number of imidazole rings is 1. The Morgan fingerprint density at radius 3 is 3.29 bits per heavy atom. The van der Waals surface area contributed by atoms with Crippen LogP contribution in [0.15, 0.2) is 11.6 Å². The van der Waals surface area contributed by atoms with Crippen molar-refractivity contribution >= 4 is 22.1 Å². The molecule has 1 unspecified atom stereocenters. The normalized spacial score (nSPS) is 19.0. The molecule has 2 aromatic rings. The molecule has 0 saturated carbocycles. The average molecular weight is 310 g/mol. The van der Waals surface area contributed by atoms with E-state index in [0.717, 1.165) is 43.3 Å². The minimum Gasteiger partial charge on any atom is -0.394 e. The van der Waals surface area contributed by atoms with E-state index < -0.39 is 0 Å². The van der Waals surface area contributed by atoms with E-state index in [1.165, 1.54) is 5.69 Å². The molecule has 7 heteroatoms. The van der Waals surface area contributed by atoms with Gasteiger partial charge in [-0.1, -0.05) is 0 Å². The topological polar surface area (TPSA) is 62.0 Å². The highest BCUT2D eigenvalue weighted by atomic mass is 32.1. The van der Waals surface area contributed by atoms with Gasteiger partial charge >= 0.3 is 0 Å². The van der Waals surface area contributed by atoms with Crippen molar-refractivity contribution in [2.24, 2.45) is 0 Å². The molecule has 1 atom stereocenters. The molecule has 1 aliphatic rings. The Morgan fingerprint density at radius 1 is 1.57 bits per heavy atom. The molecule has 1 fully saturated rings. The summed E-state index contributed by atoms with van der Waals surface area (Å²) in [6.45, 7) is 3.44. The molecule has 0 aliphatic carbocycles. The molecular formula is C14H22N4O2S. The number of methoxy groups -OCH3 is 1. The SMILES string of the molecule is COCCNCc1c(N2CCCC2CO)nc2sccn12. The summed E-state index contributed by atoms with van der Waals surface area (Å²) in [6.07, 6.45) is 4.22. The Bertz CT molecular complexity index is 583. The van der Waals surface area contributed by atoms with Crippen LogP contribution in [0, 0.1) is 0 Å². The largest absolute Gasteiger partial charge is 0.394 e. The van der Waals surface area contributed by atoms with Crippen molar-refractivity contribution in [2.45, 2.75) is 25.4 Å². The van der Waals surface area contributed by atoms with Crippen molar-refractivity contribution in [3.05, 3.63) is 17.3 Å². The van der Waals surface area contributed by atoms with Crippen LogP contribution in [0.4, 0.5) is 5.82 Å². The van der Waals surface area contributed by atoms with Crippen molar-refractivity contribution in [2.75, 3.05) is 38.3 Å². The highest BCUT2D eigenvalue weighted by molar-refractivity contribution is 7.15. The summed E-state index contributed by atoms with van der Waals surface area (Å²) in [5.41, 5.74) is 1.17. The minimum absolute atomic E-state index is 0.196. The first-order chi connectivity index (χ1) is 10.3. The summed E-state index contributed by atoms with van der Waals surface area (Å²) in [5, 5.41) is 15.0. The Hall–Kier alpha value is -1.15. The van der Waals surface area contributed by atoms with Crippen molar-refractivity contribution in [3.8, 4) is 0 Å². The number of hydrogen-bond donors (Lipinski definition) is 2. The first-order valence-electron chi connectivity index (χ1n) is 7.36. The van der Waals surface area contributed by atoms with Crippen LogP contribution in [-0.2, 0) is 11.3 Å². The molecule has 0 radical (unpaired) electrons. The molecule has 1 aliphatic heterocycles. The van der Waals surface area contributed by atoms with Gasteiger partial charge in [-0.05, 0) is 12.8 Å². The van der Waals surface area contributed by atoms with Crippen LogP contribution in [0.1, 0.15) is 18.5 Å². The molecule has 6 nitrogen and oxygen atoms in total. The predicted molar refractivity (Wildman–Crippen MR) is 84.1 cm³/mol. The van der Waals surface area contributed by atoms with Gasteiger partial charge in [0.15, 0.2) is 10.8 Å². The van der Waals surface area contributed by atoms with Gasteiger partial charge in [-0.2, -0.15) is 0 Å². The second kappa shape index (κ2) is 6.74. The van der Waals surface area contributed by atoms with Crippen molar-refractivity contribution < 1.29 is 9.84 Å². The molecule has 21 heavy (non-hydrogen) atoms. The molecule has 1 saturated heterocycles. The zero-order chi connectivity index (χ0) is 14.7. The van der Waals surface area contributed by atoms with Gasteiger partial charge in [0.1, 0.15) is 0 Å². The van der Waals surface area contributed by atoms with Crippen LogP contribution in [0.2, 0.25) is 0 Å². The smallest absolute Gasteiger partial charge is 0.195 e. The van der Waals surface area contributed by atoms with Crippen LogP contribution < -0.4 is 10.2 Å². The lowest BCUT2D eigenvalue weighted by Crippen LogP contribution is -2.33. The van der Waals surface area contributed by atoms with E-state index in [4.69, 9.17) is 9.72 Å². The summed E-state index contributed by atoms with van der Waals surface area (Å²) < 4.78 is 7.22. The molecule has 0 bridgehead atoms. The average Bonchev–Trinajstić information content (AvgIpc) is 3.18. The van der Waals surface area contributed by atoms with Gasteiger partial charge < -0.3 is 20.1 Å². The lowest BCUT2D eigenvalue weighted by molar-refractivity contribution is 0.199. The third-order valence-electron chi connectivity index (χ3n) is 3.98. The number of nitrogens with zero attached hydrogens (tertiary/aromatic N) is 3. The number of anilines is 1. The number of nitrogens with one attached hydrogen (secondary N) is 1. The fourth-order valence-electron chi connectivity index (χ4n) is 2.90. The lowest BCUT2D eigenvalue weighted by atomic mass is 10.2. The van der Waals surface area contributed by atoms with Gasteiger partial charge in [-0.3, -0.25) is 4.40 Å². The van der Waals surface area contributed by atoms with E-state index in [9.17, 15) is 5.11 Å². The Morgan fingerprint density at radius 2 is 2.48 bits per heavy atom. The van der Waals surface area contributed by atoms with Gasteiger partial charge in [0.25, 0.3) is 0 Å². The maximum atomic E-state index is 9.55. The lowest BCUT2D eigenvalue weighted by Gasteiger charge is -2.24. The summed E-state index contributed by atoms with van der Waals surface area (Å²) >= 11 is 1.64. The van der Waals surface area contributed by atoms with Gasteiger partial charge in [0.05, 0.1) is 24.9 Å². The standard InChI is InChI=1S/C14H22N4O2S/c1-20-7-4-15-9-12-13(16-14-18(12)6-8-21-14)17-5-2-3-11(17)10-19/h6,8,11,15,19H,2-5,7,9-10H2,1H3. The van der Waals surface area contributed by atoms with Gasteiger partial charge in [-0.15, -0.1) is 11.3 Å². The molecule has 2 aromatic heterocycles. The first-order valence-corrected chi connectivity index (χ1v) is 8.24. The number of aliphatic hydroxyl groups excluding tert-OH is 1. The van der Waals surface area contributed by atoms with Gasteiger partial charge in [-0.25, -0.2) is 4.98 Å². The second-order valence-corrected chi connectivity index (χ2v) is 6.15. The first kappa shape index (κ1) is 14.8. The zero-order valence-electron chi connectivity index (χ0n) is 12.3. The number of hydrogen-bond acceptors (Lipinski definition) is 6. The van der Waals surface area contributed by atoms with E-state index in [1.54, 1.807) is 18.4 Å². The highest BCUT2D eigenvalue weighted by Gasteiger charge is 2.28. The Kier molecular flexibility index (Phi) is 4.74. The maximum absolute atomic E-state index is 9.55. The molecule has 3 heterocycles. The van der Waals surface area contributed by atoms with E-state index in [1.807, 2.05) is 0 Å². The monoisotopic (exact) mass is 310 g/mol. The molecule has 2 N–H and O–H groups in total. The summed E-state index contributed by atoms with van der Waals surface area (Å²) in [7, 11) is 1.71. The fraction of sp³-hybridized carbons (Fsp3) is 0.643. The summed E-state index contributed by atoms with van der Waals surface area (Å²) in [4.78, 5) is 8.05. The molecule has 116 valence electrons. The quantitative estimate of drug-likeness (QED) is 0.750. The third kappa shape index (κ3) is 2.91. The van der Waals surface area contributed by atoms with Crippen LogP contribution >= 0.6 is 11.3 Å². The number of rotatable bonds is 7. The molecule has 3 rings (SSSR count). The Balaban J connectivity index is 1.84. The van der Waals surface area contributed by atoms with Crippen LogP contribution in [-0.4, -0.2) is 53.9 Å². The third-order valence-corrected chi connectivity index (χ3v) is 4.73. The van der Waals surface area contributed by atoms with Crippen LogP contribution in [0.5, 0.6) is 0 Å². The van der Waals surface area contributed by atoms with E-state index >= 15 is 0 Å². The molecule has 0 aromatic carbocycles. The molecular weight excluding hydrogens is 288 g/mol. The number of aliphatic hydroxyl groups is 1. The van der Waals surface area contributed by atoms with Gasteiger partial charge in [0, 0.05) is 38.3 Å². The van der Waals surface area contributed by atoms with Gasteiger partial charge in [0.2, 0.25) is 0 Å². The van der Waals surface area contributed by atoms with Crippen molar-refractivity contribution in [1.82, 2.24) is 14.7 Å². The number of fused-ring (bicyclic) bond motifs is 1. The number of thiazole rings is 1. The summed E-state index contributed by atoms with van der Waals surface area (Å²) in [5.74, 6) is 1.02. The molecule has 0 amide bonds. The van der Waals surface area contributed by atoms with Crippen LogP contribution in [0.3, 0.4) is 0 Å². The van der Waals surface area contributed by atoms with Crippen molar-refractivity contribution in [1.29, 1.82) is 0 Å². The van der Waals surface area contributed by atoms with E-state index in [0.29, 0.717) is 6.61 Å². The van der Waals surface area contributed by atoms with Crippen molar-refractivity contribution in [3.63, 3.8) is 0 Å². The Labute approximate surface area is 128 Å². The fourth-order valence-corrected chi connectivity index (χ4v) is 3.63. The maximum Gasteiger partial charge on any atom is 0.195 e. The number of aromatic nitrogens is 2. The van der Waals surface area contributed by atoms with E-state index in [-0.39, 0.29) is 12.6 Å². The summed E-state index contributed by atoms with van der Waals surface area (Å²) in [6, 6.07) is 0.201. The van der Waals surface area contributed by atoms with Crippen LogP contribution in [0.25, 0.3) is 4.96 Å². The van der Waals surface area contributed by atoms with E-state index in [2.05, 4.69) is 26.2 Å². The predicted octanol–water partition coefficient (Wildman–Crippen LogP) is 1.09. The second-order valence-electron chi connectivity index (χ2n) is 5.28. The molecule has 0 spiro atoms.